The van der Waals surface area contributed by atoms with Crippen LogP contribution in [-0.2, 0) is 20.8 Å². The fraction of sp³-hybridized carbons (Fsp3) is 0.412. The molecule has 0 saturated heterocycles. The van der Waals surface area contributed by atoms with Gasteiger partial charge < -0.3 is 32.9 Å². The van der Waals surface area contributed by atoms with E-state index in [0.29, 0.717) is 17.3 Å². The van der Waals surface area contributed by atoms with Gasteiger partial charge in [-0.05, 0) is 35.4 Å². The van der Waals surface area contributed by atoms with E-state index in [4.69, 9.17) is 17.2 Å². The first kappa shape index (κ1) is 23.2. The number of aromatic hydroxyl groups is 1. The topological polar surface area (TPSA) is 191 Å². The van der Waals surface area contributed by atoms with Crippen LogP contribution in [0.1, 0.15) is 19.4 Å². The number of thioether (sulfide) groups is 1. The standard InChI is InChI=1S/C17H25N5O5S/c1-8(2)12(18)15(26)22-16(14(20)25)28-17(27)21-11(13(19)24)7-9-3-5-10(23)6-4-9/h3-6,8,11-12,16,23H,7,18H2,1-2H3,(H2,19,24)(H2,20,25)(H,21,27)(H,22,26)/t11-,12-,16-/m0/s1. The average molecular weight is 411 g/mol. The van der Waals surface area contributed by atoms with Crippen LogP contribution >= 0.6 is 11.8 Å². The van der Waals surface area contributed by atoms with Crippen LogP contribution in [-0.4, -0.2) is 45.5 Å². The van der Waals surface area contributed by atoms with Crippen molar-refractivity contribution in [2.75, 3.05) is 0 Å². The molecule has 0 heterocycles. The van der Waals surface area contributed by atoms with Crippen molar-refractivity contribution in [3.05, 3.63) is 29.8 Å². The summed E-state index contributed by atoms with van der Waals surface area (Å²) in [5.41, 5.74) is 16.9. The van der Waals surface area contributed by atoms with Crippen LogP contribution in [0.15, 0.2) is 24.3 Å². The zero-order valence-corrected chi connectivity index (χ0v) is 16.4. The Hall–Kier alpha value is -2.79. The smallest absolute Gasteiger partial charge is 0.282 e. The lowest BCUT2D eigenvalue weighted by atomic mass is 10.1. The molecule has 0 aliphatic carbocycles. The number of phenols is 1. The van der Waals surface area contributed by atoms with E-state index < -0.39 is 40.4 Å². The molecule has 3 atom stereocenters. The molecule has 0 radical (unpaired) electrons. The van der Waals surface area contributed by atoms with Gasteiger partial charge in [-0.3, -0.25) is 19.2 Å². The van der Waals surface area contributed by atoms with Crippen molar-refractivity contribution in [1.29, 1.82) is 0 Å². The SMILES string of the molecule is CC(C)[C@H](N)C(=O)N[C@@H](SC(=O)N[C@@H](Cc1ccc(O)cc1)C(N)=O)C(N)=O. The molecule has 0 saturated carbocycles. The van der Waals surface area contributed by atoms with Crippen LogP contribution in [0.3, 0.4) is 0 Å². The minimum Gasteiger partial charge on any atom is -0.508 e. The molecule has 11 heteroatoms. The van der Waals surface area contributed by atoms with Crippen LogP contribution in [0, 0.1) is 5.92 Å². The number of rotatable bonds is 9. The Morgan fingerprint density at radius 1 is 1.04 bits per heavy atom. The number of phenolic OH excluding ortho intramolecular Hbond substituents is 1. The van der Waals surface area contributed by atoms with E-state index in [1.807, 2.05) is 0 Å². The fourth-order valence-electron chi connectivity index (χ4n) is 2.06. The monoisotopic (exact) mass is 411 g/mol. The van der Waals surface area contributed by atoms with Gasteiger partial charge in [0.2, 0.25) is 11.8 Å². The Morgan fingerprint density at radius 2 is 1.61 bits per heavy atom. The quantitative estimate of drug-likeness (QED) is 0.285. The summed E-state index contributed by atoms with van der Waals surface area (Å²) in [5.74, 6) is -2.49. The largest absolute Gasteiger partial charge is 0.508 e. The third-order valence-electron chi connectivity index (χ3n) is 3.79. The van der Waals surface area contributed by atoms with Crippen LogP contribution in [0.5, 0.6) is 5.75 Å². The van der Waals surface area contributed by atoms with Gasteiger partial charge in [-0.2, -0.15) is 0 Å². The number of carbonyl (C=O) groups is 4. The minimum atomic E-state index is -1.36. The Morgan fingerprint density at radius 3 is 2.07 bits per heavy atom. The number of nitrogens with two attached hydrogens (primary N) is 3. The van der Waals surface area contributed by atoms with Crippen molar-refractivity contribution in [3.63, 3.8) is 0 Å². The summed E-state index contributed by atoms with van der Waals surface area (Å²) in [6, 6.07) is 4.07. The second-order valence-electron chi connectivity index (χ2n) is 6.44. The number of primary amides is 2. The lowest BCUT2D eigenvalue weighted by molar-refractivity contribution is -0.127. The molecule has 0 aliphatic heterocycles. The molecule has 28 heavy (non-hydrogen) atoms. The second kappa shape index (κ2) is 10.5. The van der Waals surface area contributed by atoms with E-state index in [-0.39, 0.29) is 18.1 Å². The first-order chi connectivity index (χ1) is 13.0. The van der Waals surface area contributed by atoms with E-state index in [1.165, 1.54) is 12.1 Å². The number of hydrogen-bond acceptors (Lipinski definition) is 7. The van der Waals surface area contributed by atoms with Gasteiger partial charge in [-0.25, -0.2) is 0 Å². The maximum atomic E-state index is 12.2. The van der Waals surface area contributed by atoms with Crippen LogP contribution < -0.4 is 27.8 Å². The highest BCUT2D eigenvalue weighted by Crippen LogP contribution is 2.14. The van der Waals surface area contributed by atoms with Crippen molar-refractivity contribution in [1.82, 2.24) is 10.6 Å². The first-order valence-electron chi connectivity index (χ1n) is 8.41. The zero-order chi connectivity index (χ0) is 21.4. The van der Waals surface area contributed by atoms with Gasteiger partial charge in [0.1, 0.15) is 11.8 Å². The molecular formula is C17H25N5O5S. The number of nitrogens with one attached hydrogen (secondary N) is 2. The van der Waals surface area contributed by atoms with E-state index in [1.54, 1.807) is 26.0 Å². The first-order valence-corrected chi connectivity index (χ1v) is 9.28. The molecule has 1 rings (SSSR count). The van der Waals surface area contributed by atoms with Crippen LogP contribution in [0.2, 0.25) is 0 Å². The van der Waals surface area contributed by atoms with Crippen LogP contribution in [0.25, 0.3) is 0 Å². The summed E-state index contributed by atoms with van der Waals surface area (Å²) in [7, 11) is 0. The van der Waals surface area contributed by atoms with Gasteiger partial charge in [0, 0.05) is 6.42 Å². The summed E-state index contributed by atoms with van der Waals surface area (Å²) >= 11 is 0.409. The molecule has 1 aromatic rings. The number of hydrogen-bond donors (Lipinski definition) is 6. The van der Waals surface area contributed by atoms with Gasteiger partial charge in [-0.15, -0.1) is 0 Å². The highest BCUT2D eigenvalue weighted by Gasteiger charge is 2.28. The van der Waals surface area contributed by atoms with Crippen molar-refractivity contribution in [2.45, 2.75) is 37.7 Å². The number of carbonyl (C=O) groups excluding carboxylic acids is 4. The van der Waals surface area contributed by atoms with Crippen molar-refractivity contribution >= 4 is 34.7 Å². The molecular weight excluding hydrogens is 386 g/mol. The third-order valence-corrected chi connectivity index (χ3v) is 4.71. The molecule has 1 aromatic carbocycles. The van der Waals surface area contributed by atoms with E-state index in [0.717, 1.165) is 0 Å². The normalized spacial score (nSPS) is 14.0. The molecule has 0 aromatic heterocycles. The maximum Gasteiger partial charge on any atom is 0.282 e. The van der Waals surface area contributed by atoms with Gasteiger partial charge >= 0.3 is 0 Å². The predicted molar refractivity (Wildman–Crippen MR) is 105 cm³/mol. The molecule has 4 amide bonds. The molecule has 0 spiro atoms. The lowest BCUT2D eigenvalue weighted by Gasteiger charge is -2.21. The minimum absolute atomic E-state index is 0.0543. The van der Waals surface area contributed by atoms with Crippen LogP contribution in [0.4, 0.5) is 4.79 Å². The summed E-state index contributed by atoms with van der Waals surface area (Å²) in [6.45, 7) is 3.45. The predicted octanol–water partition coefficient (Wildman–Crippen LogP) is -0.858. The molecule has 0 aliphatic rings. The highest BCUT2D eigenvalue weighted by atomic mass is 32.2. The summed E-state index contributed by atoms with van der Waals surface area (Å²) in [4.78, 5) is 47.4. The number of amides is 4. The van der Waals surface area contributed by atoms with Crippen molar-refractivity contribution < 1.29 is 24.3 Å². The summed E-state index contributed by atoms with van der Waals surface area (Å²) in [6.07, 6.45) is 0.0771. The second-order valence-corrected chi connectivity index (χ2v) is 7.51. The van der Waals surface area contributed by atoms with E-state index >= 15 is 0 Å². The molecule has 0 fully saturated rings. The van der Waals surface area contributed by atoms with Gasteiger partial charge in [0.25, 0.3) is 11.1 Å². The maximum absolute atomic E-state index is 12.2. The average Bonchev–Trinajstić information content (AvgIpc) is 2.61. The molecule has 9 N–H and O–H groups in total. The molecule has 0 unspecified atom stereocenters. The molecule has 10 nitrogen and oxygen atoms in total. The molecule has 154 valence electrons. The Kier molecular flexibility index (Phi) is 8.74. The van der Waals surface area contributed by atoms with Crippen molar-refractivity contribution in [2.24, 2.45) is 23.1 Å². The Bertz CT molecular complexity index is 725. The third kappa shape index (κ3) is 7.45. The Labute approximate surface area is 166 Å². The van der Waals surface area contributed by atoms with E-state index in [2.05, 4.69) is 10.6 Å². The summed E-state index contributed by atoms with van der Waals surface area (Å²) in [5, 5.41) is 11.8. The lowest BCUT2D eigenvalue weighted by Crippen LogP contribution is -2.52. The zero-order valence-electron chi connectivity index (χ0n) is 15.5. The summed E-state index contributed by atoms with van der Waals surface area (Å²) < 4.78 is 0. The number of benzene rings is 1. The van der Waals surface area contributed by atoms with Gasteiger partial charge in [-0.1, -0.05) is 26.0 Å². The van der Waals surface area contributed by atoms with Gasteiger partial charge in [0.05, 0.1) is 6.04 Å². The molecule has 0 bridgehead atoms. The van der Waals surface area contributed by atoms with E-state index in [9.17, 15) is 24.3 Å². The van der Waals surface area contributed by atoms with Crippen molar-refractivity contribution in [3.8, 4) is 5.75 Å². The Balaban J connectivity index is 2.74. The fourth-order valence-corrected chi connectivity index (χ4v) is 2.78. The highest BCUT2D eigenvalue weighted by molar-refractivity contribution is 8.14. The van der Waals surface area contributed by atoms with Gasteiger partial charge in [0.15, 0.2) is 5.37 Å².